The molecule has 2 N–H and O–H groups in total. The van der Waals surface area contributed by atoms with E-state index in [-0.39, 0.29) is 5.92 Å². The van der Waals surface area contributed by atoms with Gasteiger partial charge in [-0.25, -0.2) is 0 Å². The molecule has 0 saturated carbocycles. The third kappa shape index (κ3) is 10.1. The Labute approximate surface area is 172 Å². The molecule has 0 aliphatic rings. The molecule has 3 nitrogen and oxygen atoms in total. The fourth-order valence-electron chi connectivity index (χ4n) is 3.99. The summed E-state index contributed by atoms with van der Waals surface area (Å²) in [6, 6.07) is 3.83. The van der Waals surface area contributed by atoms with E-state index in [1.165, 1.54) is 64.2 Å². The van der Waals surface area contributed by atoms with Crippen molar-refractivity contribution in [3.8, 4) is 5.75 Å². The van der Waals surface area contributed by atoms with E-state index in [2.05, 4.69) is 6.92 Å². The summed E-state index contributed by atoms with van der Waals surface area (Å²) in [5.74, 6) is -0.713. The third-order valence-corrected chi connectivity index (χ3v) is 5.79. The van der Waals surface area contributed by atoms with Crippen molar-refractivity contribution < 1.29 is 15.0 Å². The maximum Gasteiger partial charge on any atom is 0.306 e. The van der Waals surface area contributed by atoms with Crippen LogP contribution in [0.5, 0.6) is 5.75 Å². The Kier molecular flexibility index (Phi) is 12.7. The van der Waals surface area contributed by atoms with Crippen LogP contribution in [0.1, 0.15) is 107 Å². The number of aryl methyl sites for hydroxylation is 2. The lowest BCUT2D eigenvalue weighted by molar-refractivity contribution is -0.142. The second-order valence-electron chi connectivity index (χ2n) is 8.50. The Balaban J connectivity index is 2.17. The number of rotatable bonds is 16. The predicted octanol–water partition coefficient (Wildman–Crippen LogP) is 7.34. The maximum atomic E-state index is 11.6. The number of phenols is 1. The molecule has 1 aromatic rings. The van der Waals surface area contributed by atoms with Crippen molar-refractivity contribution in [2.24, 2.45) is 5.92 Å². The molecule has 0 heterocycles. The molecule has 3 heteroatoms. The van der Waals surface area contributed by atoms with Crippen LogP contribution < -0.4 is 0 Å². The van der Waals surface area contributed by atoms with Crippen LogP contribution >= 0.6 is 0 Å². The number of hydrogen-bond acceptors (Lipinski definition) is 2. The molecule has 1 atom stereocenters. The summed E-state index contributed by atoms with van der Waals surface area (Å²) in [5.41, 5.74) is 2.66. The van der Waals surface area contributed by atoms with Gasteiger partial charge in [-0.05, 0) is 43.4 Å². The minimum atomic E-state index is -0.702. The van der Waals surface area contributed by atoms with Gasteiger partial charge in [0.25, 0.3) is 0 Å². The van der Waals surface area contributed by atoms with Gasteiger partial charge in [0.2, 0.25) is 0 Å². The number of aliphatic carboxylic acids is 1. The molecule has 0 aliphatic heterocycles. The van der Waals surface area contributed by atoms with Crippen LogP contribution in [0.2, 0.25) is 0 Å². The smallest absolute Gasteiger partial charge is 0.306 e. The summed E-state index contributed by atoms with van der Waals surface area (Å²) in [4.78, 5) is 11.6. The molecular formula is C25H42O3. The summed E-state index contributed by atoms with van der Waals surface area (Å²) < 4.78 is 0. The highest BCUT2D eigenvalue weighted by molar-refractivity contribution is 5.70. The summed E-state index contributed by atoms with van der Waals surface area (Å²) in [6.45, 7) is 5.99. The number of carbonyl (C=O) groups is 1. The average Bonchev–Trinajstić information content (AvgIpc) is 2.65. The van der Waals surface area contributed by atoms with E-state index in [9.17, 15) is 15.0 Å². The normalized spacial score (nSPS) is 12.2. The summed E-state index contributed by atoms with van der Waals surface area (Å²) in [5, 5.41) is 19.4. The van der Waals surface area contributed by atoms with Crippen molar-refractivity contribution in [2.45, 2.75) is 111 Å². The zero-order chi connectivity index (χ0) is 20.8. The van der Waals surface area contributed by atoms with Crippen molar-refractivity contribution in [1.29, 1.82) is 0 Å². The highest BCUT2D eigenvalue weighted by Gasteiger charge is 2.18. The molecule has 160 valence electrons. The molecule has 1 rings (SSSR count). The Morgan fingerprint density at radius 3 is 1.68 bits per heavy atom. The van der Waals surface area contributed by atoms with Crippen molar-refractivity contribution in [3.05, 3.63) is 28.8 Å². The minimum absolute atomic E-state index is 0.316. The molecule has 0 bridgehead atoms. The van der Waals surface area contributed by atoms with Gasteiger partial charge in [-0.1, -0.05) is 96.1 Å². The van der Waals surface area contributed by atoms with E-state index < -0.39 is 5.97 Å². The molecule has 1 unspecified atom stereocenters. The van der Waals surface area contributed by atoms with Crippen LogP contribution in [-0.2, 0) is 11.2 Å². The van der Waals surface area contributed by atoms with E-state index in [4.69, 9.17) is 0 Å². The quantitative estimate of drug-likeness (QED) is 0.290. The fourth-order valence-corrected chi connectivity index (χ4v) is 3.99. The van der Waals surface area contributed by atoms with Crippen LogP contribution in [-0.4, -0.2) is 16.2 Å². The van der Waals surface area contributed by atoms with Crippen molar-refractivity contribution in [2.75, 3.05) is 0 Å². The SMILES string of the molecule is CCCCCCCCCCCCCCC(Cc1cc(C)c(O)c(C)c1)C(=O)O. The highest BCUT2D eigenvalue weighted by Crippen LogP contribution is 2.25. The number of aromatic hydroxyl groups is 1. The van der Waals surface area contributed by atoms with Crippen molar-refractivity contribution >= 4 is 5.97 Å². The molecule has 0 aliphatic carbocycles. The van der Waals surface area contributed by atoms with Crippen LogP contribution in [0, 0.1) is 19.8 Å². The third-order valence-electron chi connectivity index (χ3n) is 5.79. The van der Waals surface area contributed by atoms with Gasteiger partial charge < -0.3 is 10.2 Å². The second-order valence-corrected chi connectivity index (χ2v) is 8.50. The first kappa shape index (κ1) is 24.5. The lowest BCUT2D eigenvalue weighted by Gasteiger charge is -2.14. The topological polar surface area (TPSA) is 57.5 Å². The Hall–Kier alpha value is -1.51. The molecule has 0 spiro atoms. The predicted molar refractivity (Wildman–Crippen MR) is 118 cm³/mol. The van der Waals surface area contributed by atoms with Gasteiger partial charge in [0, 0.05) is 0 Å². The molecule has 0 fully saturated rings. The number of carboxylic acids is 1. The van der Waals surface area contributed by atoms with Gasteiger partial charge in [0.05, 0.1) is 5.92 Å². The van der Waals surface area contributed by atoms with Crippen LogP contribution in [0.3, 0.4) is 0 Å². The zero-order valence-corrected chi connectivity index (χ0v) is 18.4. The molecule has 0 radical (unpaired) electrons. The Bertz CT molecular complexity index is 542. The van der Waals surface area contributed by atoms with Crippen molar-refractivity contribution in [1.82, 2.24) is 0 Å². The summed E-state index contributed by atoms with van der Waals surface area (Å²) >= 11 is 0. The summed E-state index contributed by atoms with van der Waals surface area (Å²) in [7, 11) is 0. The van der Waals surface area contributed by atoms with Gasteiger partial charge >= 0.3 is 5.97 Å². The standard InChI is InChI=1S/C25H42O3/c1-4-5-6-7-8-9-10-11-12-13-14-15-16-23(25(27)28)19-22-17-20(2)24(26)21(3)18-22/h17-18,23,26H,4-16,19H2,1-3H3,(H,27,28). The van der Waals surface area contributed by atoms with Gasteiger partial charge in [0.15, 0.2) is 0 Å². The molecule has 0 saturated heterocycles. The van der Waals surface area contributed by atoms with Gasteiger partial charge in [-0.15, -0.1) is 0 Å². The lowest BCUT2D eigenvalue weighted by atomic mass is 9.92. The average molecular weight is 391 g/mol. The molecule has 0 amide bonds. The van der Waals surface area contributed by atoms with E-state index in [0.29, 0.717) is 12.2 Å². The fraction of sp³-hybridized carbons (Fsp3) is 0.720. The number of benzene rings is 1. The first-order valence-corrected chi connectivity index (χ1v) is 11.5. The van der Waals surface area contributed by atoms with E-state index in [1.54, 1.807) is 0 Å². The summed E-state index contributed by atoms with van der Waals surface area (Å²) in [6.07, 6.45) is 16.8. The second kappa shape index (κ2) is 14.5. The highest BCUT2D eigenvalue weighted by atomic mass is 16.4. The number of unbranched alkanes of at least 4 members (excludes halogenated alkanes) is 11. The zero-order valence-electron chi connectivity index (χ0n) is 18.4. The van der Waals surface area contributed by atoms with E-state index >= 15 is 0 Å². The van der Waals surface area contributed by atoms with Crippen LogP contribution in [0.15, 0.2) is 12.1 Å². The lowest BCUT2D eigenvalue weighted by Crippen LogP contribution is -2.16. The molecule has 28 heavy (non-hydrogen) atoms. The van der Waals surface area contributed by atoms with Gasteiger partial charge in [0.1, 0.15) is 5.75 Å². The molecule has 1 aromatic carbocycles. The Morgan fingerprint density at radius 1 is 0.821 bits per heavy atom. The van der Waals surface area contributed by atoms with E-state index in [0.717, 1.165) is 36.0 Å². The Morgan fingerprint density at radius 2 is 1.25 bits per heavy atom. The number of hydrogen-bond donors (Lipinski definition) is 2. The number of carboxylic acid groups (broad SMARTS) is 1. The maximum absolute atomic E-state index is 11.6. The van der Waals surface area contributed by atoms with Gasteiger partial charge in [-0.2, -0.15) is 0 Å². The first-order chi connectivity index (χ1) is 13.5. The molecule has 0 aromatic heterocycles. The van der Waals surface area contributed by atoms with Crippen molar-refractivity contribution in [3.63, 3.8) is 0 Å². The minimum Gasteiger partial charge on any atom is -0.507 e. The monoisotopic (exact) mass is 390 g/mol. The molecular weight excluding hydrogens is 348 g/mol. The first-order valence-electron chi connectivity index (χ1n) is 11.5. The van der Waals surface area contributed by atoms with Gasteiger partial charge in [-0.3, -0.25) is 4.79 Å². The largest absolute Gasteiger partial charge is 0.507 e. The van der Waals surface area contributed by atoms with E-state index in [1.807, 2.05) is 26.0 Å². The number of phenolic OH excluding ortho intramolecular Hbond substituents is 1. The van der Waals surface area contributed by atoms with Crippen LogP contribution in [0.25, 0.3) is 0 Å². The van der Waals surface area contributed by atoms with Crippen LogP contribution in [0.4, 0.5) is 0 Å².